The quantitative estimate of drug-likeness (QED) is 0.688. The van der Waals surface area contributed by atoms with Gasteiger partial charge in [0.1, 0.15) is 0 Å². The number of thiazole rings is 1. The molecule has 0 radical (unpaired) electrons. The molecule has 0 bridgehead atoms. The summed E-state index contributed by atoms with van der Waals surface area (Å²) in [5.41, 5.74) is 7.55. The average molecular weight is 302 g/mol. The van der Waals surface area contributed by atoms with E-state index in [4.69, 9.17) is 5.73 Å². The van der Waals surface area contributed by atoms with Crippen LogP contribution in [0.2, 0.25) is 0 Å². The van der Waals surface area contributed by atoms with E-state index in [9.17, 15) is 4.79 Å². The summed E-state index contributed by atoms with van der Waals surface area (Å²) in [6.45, 7) is 0.567. The van der Waals surface area contributed by atoms with Gasteiger partial charge in [0, 0.05) is 30.4 Å². The third-order valence-corrected chi connectivity index (χ3v) is 3.66. The summed E-state index contributed by atoms with van der Waals surface area (Å²) >= 11 is 1.43. The first-order valence-corrected chi connectivity index (χ1v) is 7.39. The van der Waals surface area contributed by atoms with E-state index in [-0.39, 0.29) is 5.91 Å². The lowest BCUT2D eigenvalue weighted by Gasteiger charge is -2.01. The zero-order valence-electron chi connectivity index (χ0n) is 11.2. The highest BCUT2D eigenvalue weighted by Crippen LogP contribution is 2.12. The Hall–Kier alpha value is -2.48. The lowest BCUT2D eigenvalue weighted by Crippen LogP contribution is -2.25. The number of aryl methyl sites for hydroxylation is 1. The van der Waals surface area contributed by atoms with Crippen molar-refractivity contribution in [3.05, 3.63) is 41.3 Å². The second kappa shape index (κ2) is 5.88. The van der Waals surface area contributed by atoms with Gasteiger partial charge in [-0.3, -0.25) is 4.79 Å². The van der Waals surface area contributed by atoms with E-state index in [1.165, 1.54) is 11.3 Å². The van der Waals surface area contributed by atoms with Crippen molar-refractivity contribution in [2.24, 2.45) is 0 Å². The minimum Gasteiger partial charge on any atom is -0.375 e. The lowest BCUT2D eigenvalue weighted by atomic mass is 10.2. The topological polar surface area (TPSA) is 98.2 Å². The molecule has 0 saturated heterocycles. The van der Waals surface area contributed by atoms with Crippen LogP contribution in [-0.2, 0) is 6.42 Å². The molecular formula is C13H14N6OS. The van der Waals surface area contributed by atoms with Gasteiger partial charge in [0.15, 0.2) is 16.5 Å². The molecule has 0 aliphatic carbocycles. The number of nitrogens with one attached hydrogen (secondary N) is 1. The first kappa shape index (κ1) is 13.5. The predicted molar refractivity (Wildman–Crippen MR) is 80.2 cm³/mol. The maximum absolute atomic E-state index is 12.0. The zero-order valence-corrected chi connectivity index (χ0v) is 12.0. The molecule has 3 aromatic rings. The molecule has 7 nitrogen and oxygen atoms in total. The fourth-order valence-electron chi connectivity index (χ4n) is 1.94. The highest BCUT2D eigenvalue weighted by Gasteiger charge is 2.10. The van der Waals surface area contributed by atoms with Gasteiger partial charge in [-0.15, -0.1) is 11.3 Å². The van der Waals surface area contributed by atoms with Crippen molar-refractivity contribution in [2.45, 2.75) is 12.8 Å². The number of fused-ring (bicyclic) bond motifs is 1. The molecule has 0 aliphatic rings. The van der Waals surface area contributed by atoms with E-state index < -0.39 is 0 Å². The summed E-state index contributed by atoms with van der Waals surface area (Å²) < 4.78 is 1.58. The van der Waals surface area contributed by atoms with Crippen molar-refractivity contribution >= 4 is 28.0 Å². The fourth-order valence-corrected chi connectivity index (χ4v) is 2.54. The maximum atomic E-state index is 12.0. The van der Waals surface area contributed by atoms with E-state index in [0.717, 1.165) is 18.5 Å². The number of hydrogen-bond acceptors (Lipinski definition) is 6. The number of carbonyl (C=O) groups excluding carboxylic acids is 1. The van der Waals surface area contributed by atoms with Crippen molar-refractivity contribution in [3.8, 4) is 0 Å². The van der Waals surface area contributed by atoms with E-state index in [1.807, 2.05) is 5.38 Å². The van der Waals surface area contributed by atoms with Crippen molar-refractivity contribution in [1.29, 1.82) is 0 Å². The average Bonchev–Trinajstić information content (AvgIpc) is 3.09. The predicted octanol–water partition coefficient (Wildman–Crippen LogP) is 1.13. The Morgan fingerprint density at radius 2 is 2.38 bits per heavy atom. The number of nitrogens with two attached hydrogens (primary N) is 1. The Morgan fingerprint density at radius 1 is 1.48 bits per heavy atom. The molecule has 0 unspecified atom stereocenters. The Labute approximate surface area is 124 Å². The van der Waals surface area contributed by atoms with Crippen molar-refractivity contribution in [2.75, 3.05) is 12.3 Å². The second-order valence-electron chi connectivity index (χ2n) is 4.49. The highest BCUT2D eigenvalue weighted by molar-refractivity contribution is 7.13. The van der Waals surface area contributed by atoms with Crippen LogP contribution in [0.25, 0.3) is 5.65 Å². The standard InChI is InChI=1S/C13H14N6OS/c14-13-17-9(8-21-13)3-1-4-16-12(20)10-7-11-15-5-2-6-19(11)18-10/h2,5-8H,1,3-4H2,(H2,14,17)(H,16,20). The van der Waals surface area contributed by atoms with Gasteiger partial charge in [0.2, 0.25) is 0 Å². The maximum Gasteiger partial charge on any atom is 0.271 e. The summed E-state index contributed by atoms with van der Waals surface area (Å²) in [6.07, 6.45) is 5.02. The van der Waals surface area contributed by atoms with Crippen LogP contribution in [0.5, 0.6) is 0 Å². The fraction of sp³-hybridized carbons (Fsp3) is 0.231. The summed E-state index contributed by atoms with van der Waals surface area (Å²) in [6, 6.07) is 3.43. The van der Waals surface area contributed by atoms with Gasteiger partial charge in [0.05, 0.1) is 5.69 Å². The van der Waals surface area contributed by atoms with Crippen LogP contribution in [0.3, 0.4) is 0 Å². The molecule has 21 heavy (non-hydrogen) atoms. The van der Waals surface area contributed by atoms with Gasteiger partial charge < -0.3 is 11.1 Å². The van der Waals surface area contributed by atoms with Gasteiger partial charge in [-0.25, -0.2) is 14.5 Å². The summed E-state index contributed by atoms with van der Waals surface area (Å²) in [5, 5.41) is 9.52. The molecule has 0 atom stereocenters. The van der Waals surface area contributed by atoms with Gasteiger partial charge >= 0.3 is 0 Å². The van der Waals surface area contributed by atoms with E-state index in [0.29, 0.717) is 23.0 Å². The summed E-state index contributed by atoms with van der Waals surface area (Å²) in [5.74, 6) is -0.196. The molecule has 0 spiro atoms. The molecule has 1 amide bonds. The number of anilines is 1. The third-order valence-electron chi connectivity index (χ3n) is 2.93. The monoisotopic (exact) mass is 302 g/mol. The molecule has 3 rings (SSSR count). The normalized spacial score (nSPS) is 10.9. The van der Waals surface area contributed by atoms with Crippen molar-refractivity contribution < 1.29 is 4.79 Å². The van der Waals surface area contributed by atoms with Crippen LogP contribution >= 0.6 is 11.3 Å². The minimum absolute atomic E-state index is 0.196. The van der Waals surface area contributed by atoms with E-state index in [2.05, 4.69) is 20.4 Å². The van der Waals surface area contributed by atoms with Gasteiger partial charge in [-0.05, 0) is 18.9 Å². The van der Waals surface area contributed by atoms with Gasteiger partial charge in [0.25, 0.3) is 5.91 Å². The number of hydrogen-bond donors (Lipinski definition) is 2. The largest absolute Gasteiger partial charge is 0.375 e. The van der Waals surface area contributed by atoms with E-state index >= 15 is 0 Å². The van der Waals surface area contributed by atoms with Crippen LogP contribution < -0.4 is 11.1 Å². The van der Waals surface area contributed by atoms with Crippen LogP contribution in [0.4, 0.5) is 5.13 Å². The molecule has 3 N–H and O–H groups in total. The van der Waals surface area contributed by atoms with Gasteiger partial charge in [-0.2, -0.15) is 5.10 Å². The molecule has 108 valence electrons. The van der Waals surface area contributed by atoms with Crippen molar-refractivity contribution in [3.63, 3.8) is 0 Å². The first-order valence-electron chi connectivity index (χ1n) is 6.51. The molecular weight excluding hydrogens is 288 g/mol. The minimum atomic E-state index is -0.196. The molecule has 0 saturated carbocycles. The number of amides is 1. The summed E-state index contributed by atoms with van der Waals surface area (Å²) in [4.78, 5) is 20.3. The first-order chi connectivity index (χ1) is 10.2. The number of aromatic nitrogens is 4. The molecule has 0 aromatic carbocycles. The van der Waals surface area contributed by atoms with Crippen molar-refractivity contribution in [1.82, 2.24) is 24.9 Å². The number of nitrogen functional groups attached to an aromatic ring is 1. The number of carbonyl (C=O) groups is 1. The molecule has 3 heterocycles. The van der Waals surface area contributed by atoms with Crippen LogP contribution in [-0.4, -0.2) is 32.0 Å². The molecule has 8 heteroatoms. The Morgan fingerprint density at radius 3 is 3.14 bits per heavy atom. The Balaban J connectivity index is 1.52. The Kier molecular flexibility index (Phi) is 3.78. The van der Waals surface area contributed by atoms with Crippen LogP contribution in [0.15, 0.2) is 29.9 Å². The SMILES string of the molecule is Nc1nc(CCCNC(=O)c2cc3ncccn3n2)cs1. The van der Waals surface area contributed by atoms with E-state index in [1.54, 1.807) is 29.0 Å². The van der Waals surface area contributed by atoms with Gasteiger partial charge in [-0.1, -0.05) is 0 Å². The van der Waals surface area contributed by atoms with Crippen LogP contribution in [0.1, 0.15) is 22.6 Å². The molecule has 0 fully saturated rings. The lowest BCUT2D eigenvalue weighted by molar-refractivity contribution is 0.0948. The highest BCUT2D eigenvalue weighted by atomic mass is 32.1. The number of rotatable bonds is 5. The third kappa shape index (κ3) is 3.16. The number of nitrogens with zero attached hydrogens (tertiary/aromatic N) is 4. The molecule has 3 aromatic heterocycles. The Bertz CT molecular complexity index is 732. The molecule has 0 aliphatic heterocycles. The summed E-state index contributed by atoms with van der Waals surface area (Å²) in [7, 11) is 0. The zero-order chi connectivity index (χ0) is 14.7. The smallest absolute Gasteiger partial charge is 0.271 e. The second-order valence-corrected chi connectivity index (χ2v) is 5.38. The van der Waals surface area contributed by atoms with Crippen LogP contribution in [0, 0.1) is 0 Å².